The van der Waals surface area contributed by atoms with Gasteiger partial charge in [0, 0.05) is 23.4 Å². The standard InChI is InChI=1S/C29H29N3O5/c1-4-32(5-2)16-18-6-10-21(11-7-18)30-27(19-9-13-24-25(15-19)37-17-36-24)26-22-12-8-20(29(34)35-3)14-23(22)31-28(26)33/h6-15,30H,4-5,16-17H2,1-3H3,(H,31,33)/b27-26-. The van der Waals surface area contributed by atoms with E-state index in [9.17, 15) is 9.59 Å². The molecule has 2 N–H and O–H groups in total. The summed E-state index contributed by atoms with van der Waals surface area (Å²) in [5.74, 6) is 0.545. The molecule has 0 unspecified atom stereocenters. The second-order valence-corrected chi connectivity index (χ2v) is 8.81. The van der Waals surface area contributed by atoms with E-state index in [4.69, 9.17) is 14.2 Å². The van der Waals surface area contributed by atoms with Gasteiger partial charge in [-0.15, -0.1) is 0 Å². The SMILES string of the molecule is CCN(CC)Cc1ccc(N/C(=C2\C(=O)Nc3cc(C(=O)OC)ccc32)c2ccc3c(c2)OCO3)cc1. The van der Waals surface area contributed by atoms with Crippen LogP contribution in [0.15, 0.2) is 60.7 Å². The van der Waals surface area contributed by atoms with Crippen LogP contribution in [0.1, 0.15) is 40.9 Å². The zero-order valence-electron chi connectivity index (χ0n) is 21.1. The molecule has 5 rings (SSSR count). The Hall–Kier alpha value is -4.30. The molecule has 0 radical (unpaired) electrons. The quantitative estimate of drug-likeness (QED) is 0.334. The third kappa shape index (κ3) is 4.88. The Labute approximate surface area is 215 Å². The molecule has 2 aliphatic rings. The van der Waals surface area contributed by atoms with E-state index in [-0.39, 0.29) is 12.7 Å². The molecule has 8 nitrogen and oxygen atoms in total. The minimum absolute atomic E-state index is 0.158. The molecule has 3 aromatic carbocycles. The summed E-state index contributed by atoms with van der Waals surface area (Å²) in [6.45, 7) is 7.32. The number of methoxy groups -OCH3 is 1. The maximum Gasteiger partial charge on any atom is 0.337 e. The maximum atomic E-state index is 13.3. The largest absolute Gasteiger partial charge is 0.465 e. The van der Waals surface area contributed by atoms with Gasteiger partial charge in [0.15, 0.2) is 11.5 Å². The van der Waals surface area contributed by atoms with Gasteiger partial charge >= 0.3 is 5.97 Å². The minimum atomic E-state index is -0.464. The van der Waals surface area contributed by atoms with Gasteiger partial charge in [-0.2, -0.15) is 0 Å². The van der Waals surface area contributed by atoms with E-state index in [1.54, 1.807) is 18.2 Å². The molecule has 3 aromatic rings. The summed E-state index contributed by atoms with van der Waals surface area (Å²) in [4.78, 5) is 27.7. The number of carbonyl (C=O) groups is 2. The van der Waals surface area contributed by atoms with Crippen LogP contribution in [0.4, 0.5) is 11.4 Å². The van der Waals surface area contributed by atoms with Crippen LogP contribution in [-0.4, -0.2) is 43.8 Å². The second-order valence-electron chi connectivity index (χ2n) is 8.81. The molecule has 0 atom stereocenters. The van der Waals surface area contributed by atoms with Crippen LogP contribution in [0.3, 0.4) is 0 Å². The number of carbonyl (C=O) groups excluding carboxylic acids is 2. The van der Waals surface area contributed by atoms with Crippen LogP contribution in [0, 0.1) is 0 Å². The molecule has 0 spiro atoms. The number of benzene rings is 3. The fraction of sp³-hybridized carbons (Fsp3) is 0.241. The summed E-state index contributed by atoms with van der Waals surface area (Å²) in [7, 11) is 1.33. The number of esters is 1. The van der Waals surface area contributed by atoms with E-state index in [1.165, 1.54) is 12.7 Å². The number of nitrogens with zero attached hydrogens (tertiary/aromatic N) is 1. The molecule has 0 aromatic heterocycles. The summed E-state index contributed by atoms with van der Waals surface area (Å²) in [6, 6.07) is 18.8. The number of nitrogens with one attached hydrogen (secondary N) is 2. The lowest BCUT2D eigenvalue weighted by Gasteiger charge is -2.19. The third-order valence-electron chi connectivity index (χ3n) is 6.62. The molecule has 0 bridgehead atoms. The van der Waals surface area contributed by atoms with E-state index in [0.29, 0.717) is 39.6 Å². The second kappa shape index (κ2) is 10.4. The van der Waals surface area contributed by atoms with Crippen molar-refractivity contribution in [3.63, 3.8) is 0 Å². The van der Waals surface area contributed by atoms with E-state index in [0.717, 1.165) is 30.9 Å². The lowest BCUT2D eigenvalue weighted by atomic mass is 9.98. The van der Waals surface area contributed by atoms with E-state index in [1.807, 2.05) is 30.3 Å². The summed E-state index contributed by atoms with van der Waals surface area (Å²) in [5, 5.41) is 6.37. The van der Waals surface area contributed by atoms with Crippen molar-refractivity contribution in [2.24, 2.45) is 0 Å². The predicted molar refractivity (Wildman–Crippen MR) is 142 cm³/mol. The average Bonchev–Trinajstić information content (AvgIpc) is 3.53. The van der Waals surface area contributed by atoms with Gasteiger partial charge in [0.2, 0.25) is 6.79 Å². The molecular weight excluding hydrogens is 470 g/mol. The van der Waals surface area contributed by atoms with Gasteiger partial charge in [-0.25, -0.2) is 4.79 Å². The Morgan fingerprint density at radius 3 is 2.43 bits per heavy atom. The van der Waals surface area contributed by atoms with Crippen LogP contribution in [-0.2, 0) is 16.1 Å². The zero-order valence-corrected chi connectivity index (χ0v) is 21.1. The minimum Gasteiger partial charge on any atom is -0.465 e. The fourth-order valence-corrected chi connectivity index (χ4v) is 4.54. The van der Waals surface area contributed by atoms with Crippen molar-refractivity contribution in [1.82, 2.24) is 4.90 Å². The molecule has 0 aliphatic carbocycles. The van der Waals surface area contributed by atoms with Gasteiger partial charge in [-0.3, -0.25) is 9.69 Å². The average molecular weight is 500 g/mol. The van der Waals surface area contributed by atoms with E-state index in [2.05, 4.69) is 41.5 Å². The topological polar surface area (TPSA) is 89.1 Å². The first-order chi connectivity index (χ1) is 18.0. The Morgan fingerprint density at radius 2 is 1.70 bits per heavy atom. The lowest BCUT2D eigenvalue weighted by Crippen LogP contribution is -2.22. The maximum absolute atomic E-state index is 13.3. The van der Waals surface area contributed by atoms with Gasteiger partial charge in [0.1, 0.15) is 0 Å². The fourth-order valence-electron chi connectivity index (χ4n) is 4.54. The first-order valence-corrected chi connectivity index (χ1v) is 12.3. The van der Waals surface area contributed by atoms with Crippen molar-refractivity contribution in [2.75, 3.05) is 37.6 Å². The Bertz CT molecular complexity index is 1380. The number of amides is 1. The summed E-state index contributed by atoms with van der Waals surface area (Å²) < 4.78 is 15.9. The highest BCUT2D eigenvalue weighted by Gasteiger charge is 2.30. The smallest absolute Gasteiger partial charge is 0.337 e. The number of anilines is 2. The number of rotatable bonds is 8. The van der Waals surface area contributed by atoms with Gasteiger partial charge in [0.25, 0.3) is 5.91 Å². The molecular formula is C29H29N3O5. The highest BCUT2D eigenvalue weighted by atomic mass is 16.7. The highest BCUT2D eigenvalue weighted by molar-refractivity contribution is 6.37. The molecule has 0 saturated carbocycles. The van der Waals surface area contributed by atoms with Crippen molar-refractivity contribution in [3.8, 4) is 11.5 Å². The van der Waals surface area contributed by atoms with Gasteiger partial charge < -0.3 is 24.8 Å². The lowest BCUT2D eigenvalue weighted by molar-refractivity contribution is -0.110. The highest BCUT2D eigenvalue weighted by Crippen LogP contribution is 2.41. The molecule has 2 heterocycles. The van der Waals surface area contributed by atoms with Gasteiger partial charge in [-0.1, -0.05) is 32.0 Å². The van der Waals surface area contributed by atoms with Crippen LogP contribution >= 0.6 is 0 Å². The third-order valence-corrected chi connectivity index (χ3v) is 6.62. The molecule has 190 valence electrons. The first-order valence-electron chi connectivity index (χ1n) is 12.3. The van der Waals surface area contributed by atoms with E-state index >= 15 is 0 Å². The van der Waals surface area contributed by atoms with Crippen LogP contribution in [0.25, 0.3) is 11.3 Å². The number of fused-ring (bicyclic) bond motifs is 2. The number of ether oxygens (including phenoxy) is 3. The zero-order chi connectivity index (χ0) is 25.9. The summed E-state index contributed by atoms with van der Waals surface area (Å²) >= 11 is 0. The first kappa shape index (κ1) is 24.4. The Morgan fingerprint density at radius 1 is 0.973 bits per heavy atom. The normalized spacial score (nSPS) is 14.9. The molecule has 0 fully saturated rings. The van der Waals surface area contributed by atoms with Crippen molar-refractivity contribution < 1.29 is 23.8 Å². The summed E-state index contributed by atoms with van der Waals surface area (Å²) in [6.07, 6.45) is 0. The predicted octanol–water partition coefficient (Wildman–Crippen LogP) is 4.98. The van der Waals surface area contributed by atoms with E-state index < -0.39 is 5.97 Å². The summed E-state index contributed by atoms with van der Waals surface area (Å²) in [5.41, 5.74) is 5.53. The van der Waals surface area contributed by atoms with Crippen molar-refractivity contribution in [2.45, 2.75) is 20.4 Å². The Balaban J connectivity index is 1.56. The van der Waals surface area contributed by atoms with Crippen molar-refractivity contribution >= 4 is 34.5 Å². The Kier molecular flexibility index (Phi) is 6.83. The number of hydrogen-bond donors (Lipinski definition) is 2. The number of hydrogen-bond acceptors (Lipinski definition) is 7. The molecule has 1 amide bonds. The van der Waals surface area contributed by atoms with Gasteiger partial charge in [-0.05, 0) is 61.1 Å². The van der Waals surface area contributed by atoms with Crippen molar-refractivity contribution in [3.05, 3.63) is 82.9 Å². The monoisotopic (exact) mass is 499 g/mol. The molecule has 8 heteroatoms. The van der Waals surface area contributed by atoms with Crippen LogP contribution < -0.4 is 20.1 Å². The van der Waals surface area contributed by atoms with Crippen LogP contribution in [0.5, 0.6) is 11.5 Å². The van der Waals surface area contributed by atoms with Crippen LogP contribution in [0.2, 0.25) is 0 Å². The molecule has 0 saturated heterocycles. The van der Waals surface area contributed by atoms with Gasteiger partial charge in [0.05, 0.1) is 29.6 Å². The van der Waals surface area contributed by atoms with Crippen molar-refractivity contribution in [1.29, 1.82) is 0 Å². The molecule has 2 aliphatic heterocycles. The molecule has 37 heavy (non-hydrogen) atoms.